The maximum absolute atomic E-state index is 12.1. The molecule has 0 aliphatic heterocycles. The van der Waals surface area contributed by atoms with Crippen LogP contribution >= 0.6 is 11.3 Å². The van der Waals surface area contributed by atoms with E-state index in [1.807, 2.05) is 13.0 Å². The molecule has 1 heterocycles. The van der Waals surface area contributed by atoms with Crippen molar-refractivity contribution in [3.05, 3.63) is 22.4 Å². The predicted octanol–water partition coefficient (Wildman–Crippen LogP) is 2.48. The largest absolute Gasteiger partial charge is 0.393 e. The van der Waals surface area contributed by atoms with Crippen LogP contribution in [-0.2, 0) is 6.42 Å². The average molecular weight is 296 g/mol. The summed E-state index contributed by atoms with van der Waals surface area (Å²) in [4.78, 5) is 15.1. The maximum Gasteiger partial charge on any atom is 0.317 e. The Balaban J connectivity index is 1.75. The molecule has 3 atom stereocenters. The van der Waals surface area contributed by atoms with Gasteiger partial charge in [-0.2, -0.15) is 0 Å². The van der Waals surface area contributed by atoms with Gasteiger partial charge < -0.3 is 15.3 Å². The van der Waals surface area contributed by atoms with E-state index in [4.69, 9.17) is 0 Å². The number of aliphatic hydroxyl groups is 1. The van der Waals surface area contributed by atoms with Crippen LogP contribution < -0.4 is 5.32 Å². The third-order valence-corrected chi connectivity index (χ3v) is 4.83. The van der Waals surface area contributed by atoms with Gasteiger partial charge in [-0.05, 0) is 31.2 Å². The lowest BCUT2D eigenvalue weighted by Crippen LogP contribution is -2.45. The third-order valence-electron chi connectivity index (χ3n) is 3.93. The zero-order valence-electron chi connectivity index (χ0n) is 12.2. The van der Waals surface area contributed by atoms with Gasteiger partial charge in [-0.3, -0.25) is 0 Å². The van der Waals surface area contributed by atoms with Crippen molar-refractivity contribution in [1.82, 2.24) is 10.2 Å². The van der Waals surface area contributed by atoms with Gasteiger partial charge in [-0.1, -0.05) is 12.5 Å². The number of amides is 2. The molecule has 0 bridgehead atoms. The fourth-order valence-electron chi connectivity index (χ4n) is 2.77. The van der Waals surface area contributed by atoms with E-state index in [1.54, 1.807) is 23.3 Å². The number of thiophene rings is 1. The Bertz CT molecular complexity index is 422. The smallest absolute Gasteiger partial charge is 0.317 e. The van der Waals surface area contributed by atoms with Crippen LogP contribution in [0.15, 0.2) is 17.5 Å². The first-order valence-corrected chi connectivity index (χ1v) is 8.16. The van der Waals surface area contributed by atoms with Gasteiger partial charge in [0.2, 0.25) is 0 Å². The van der Waals surface area contributed by atoms with Crippen LogP contribution in [0.5, 0.6) is 0 Å². The van der Waals surface area contributed by atoms with E-state index in [0.717, 1.165) is 25.7 Å². The summed E-state index contributed by atoms with van der Waals surface area (Å²) in [7, 11) is 1.80. The molecule has 2 rings (SSSR count). The third kappa shape index (κ3) is 4.21. The number of nitrogens with zero attached hydrogens (tertiary/aromatic N) is 1. The number of hydrogen-bond donors (Lipinski definition) is 2. The zero-order chi connectivity index (χ0) is 14.5. The Hall–Kier alpha value is -1.07. The Kier molecular flexibility index (Phi) is 5.43. The summed E-state index contributed by atoms with van der Waals surface area (Å²) in [5.41, 5.74) is 0. The summed E-state index contributed by atoms with van der Waals surface area (Å²) in [5, 5.41) is 14.9. The van der Waals surface area contributed by atoms with Gasteiger partial charge >= 0.3 is 6.03 Å². The normalized spacial score (nSPS) is 23.6. The molecular formula is C15H24N2O2S. The highest BCUT2D eigenvalue weighted by Gasteiger charge is 2.27. The van der Waals surface area contributed by atoms with Crippen molar-refractivity contribution in [3.63, 3.8) is 0 Å². The fourth-order valence-corrected chi connectivity index (χ4v) is 3.60. The molecule has 2 amide bonds. The molecule has 5 heteroatoms. The number of carbonyl (C=O) groups is 1. The molecule has 1 aliphatic rings. The topological polar surface area (TPSA) is 52.6 Å². The molecule has 0 spiro atoms. The second-order valence-electron chi connectivity index (χ2n) is 5.77. The molecule has 1 aromatic rings. The lowest BCUT2D eigenvalue weighted by atomic mass is 10.1. The summed E-state index contributed by atoms with van der Waals surface area (Å²) in [6, 6.07) is 4.19. The van der Waals surface area contributed by atoms with E-state index in [0.29, 0.717) is 6.54 Å². The Morgan fingerprint density at radius 3 is 3.00 bits per heavy atom. The molecule has 2 N–H and O–H groups in total. The van der Waals surface area contributed by atoms with Crippen molar-refractivity contribution in [2.75, 3.05) is 13.6 Å². The molecular weight excluding hydrogens is 272 g/mol. The Morgan fingerprint density at radius 2 is 2.40 bits per heavy atom. The first-order chi connectivity index (χ1) is 9.56. The summed E-state index contributed by atoms with van der Waals surface area (Å²) < 4.78 is 0. The van der Waals surface area contributed by atoms with Crippen molar-refractivity contribution >= 4 is 17.4 Å². The highest BCUT2D eigenvalue weighted by Crippen LogP contribution is 2.25. The highest BCUT2D eigenvalue weighted by molar-refractivity contribution is 7.09. The first kappa shape index (κ1) is 15.3. The lowest BCUT2D eigenvalue weighted by Gasteiger charge is -2.25. The van der Waals surface area contributed by atoms with E-state index < -0.39 is 0 Å². The molecule has 1 fully saturated rings. The minimum atomic E-state index is -0.242. The summed E-state index contributed by atoms with van der Waals surface area (Å²) in [5.74, 6) is 0.235. The standard InChI is InChI=1S/C15H24N2O2S/c1-11(9-13-6-4-8-20-13)16-15(19)17(2)10-12-5-3-7-14(12)18/h4,6,8,11-12,14,18H,3,5,7,9-10H2,1-2H3,(H,16,19). The molecule has 20 heavy (non-hydrogen) atoms. The lowest BCUT2D eigenvalue weighted by molar-refractivity contribution is 0.113. The second kappa shape index (κ2) is 7.09. The number of rotatable bonds is 5. The SMILES string of the molecule is CC(Cc1cccs1)NC(=O)N(C)CC1CCCC1O. The fraction of sp³-hybridized carbons (Fsp3) is 0.667. The zero-order valence-corrected chi connectivity index (χ0v) is 13.0. The number of nitrogens with one attached hydrogen (secondary N) is 1. The molecule has 4 nitrogen and oxygen atoms in total. The molecule has 1 aliphatic carbocycles. The molecule has 3 unspecified atom stereocenters. The van der Waals surface area contributed by atoms with Crippen molar-refractivity contribution in [2.24, 2.45) is 5.92 Å². The van der Waals surface area contributed by atoms with Gasteiger partial charge in [-0.15, -0.1) is 11.3 Å². The van der Waals surface area contributed by atoms with E-state index in [2.05, 4.69) is 16.8 Å². The van der Waals surface area contributed by atoms with Gasteiger partial charge in [0.15, 0.2) is 0 Å². The molecule has 1 aromatic heterocycles. The number of hydrogen-bond acceptors (Lipinski definition) is 3. The summed E-state index contributed by atoms with van der Waals surface area (Å²) in [6.45, 7) is 2.66. The van der Waals surface area contributed by atoms with E-state index in [1.165, 1.54) is 4.88 Å². The predicted molar refractivity (Wildman–Crippen MR) is 82.0 cm³/mol. The highest BCUT2D eigenvalue weighted by atomic mass is 32.1. The van der Waals surface area contributed by atoms with Crippen LogP contribution in [0.1, 0.15) is 31.1 Å². The Labute approximate surface area is 124 Å². The maximum atomic E-state index is 12.1. The van der Waals surface area contributed by atoms with Gasteiger partial charge in [0, 0.05) is 36.9 Å². The van der Waals surface area contributed by atoms with Crippen LogP contribution in [-0.4, -0.2) is 41.8 Å². The van der Waals surface area contributed by atoms with Crippen molar-refractivity contribution in [3.8, 4) is 0 Å². The van der Waals surface area contributed by atoms with E-state index >= 15 is 0 Å². The average Bonchev–Trinajstić information content (AvgIpc) is 3.02. The monoisotopic (exact) mass is 296 g/mol. The van der Waals surface area contributed by atoms with Crippen molar-refractivity contribution in [2.45, 2.75) is 44.8 Å². The van der Waals surface area contributed by atoms with Gasteiger partial charge in [0.25, 0.3) is 0 Å². The summed E-state index contributed by atoms with van der Waals surface area (Å²) >= 11 is 1.72. The van der Waals surface area contributed by atoms with Crippen molar-refractivity contribution < 1.29 is 9.90 Å². The number of carbonyl (C=O) groups excluding carboxylic acids is 1. The van der Waals surface area contributed by atoms with Gasteiger partial charge in [0.05, 0.1) is 6.10 Å². The number of urea groups is 1. The van der Waals surface area contributed by atoms with E-state index in [-0.39, 0.29) is 24.1 Å². The second-order valence-corrected chi connectivity index (χ2v) is 6.81. The molecule has 0 saturated heterocycles. The molecule has 0 aromatic carbocycles. The van der Waals surface area contributed by atoms with Gasteiger partial charge in [0.1, 0.15) is 0 Å². The van der Waals surface area contributed by atoms with Crippen LogP contribution in [0.3, 0.4) is 0 Å². The van der Waals surface area contributed by atoms with Gasteiger partial charge in [-0.25, -0.2) is 4.79 Å². The number of aliphatic hydroxyl groups excluding tert-OH is 1. The molecule has 112 valence electrons. The van der Waals surface area contributed by atoms with Crippen LogP contribution in [0.2, 0.25) is 0 Å². The Morgan fingerprint density at radius 1 is 1.60 bits per heavy atom. The van der Waals surface area contributed by atoms with Crippen LogP contribution in [0.25, 0.3) is 0 Å². The molecule has 1 saturated carbocycles. The van der Waals surface area contributed by atoms with Crippen molar-refractivity contribution in [1.29, 1.82) is 0 Å². The quantitative estimate of drug-likeness (QED) is 0.877. The first-order valence-electron chi connectivity index (χ1n) is 7.28. The minimum Gasteiger partial charge on any atom is -0.393 e. The molecule has 0 radical (unpaired) electrons. The van der Waals surface area contributed by atoms with Crippen LogP contribution in [0.4, 0.5) is 4.79 Å². The van der Waals surface area contributed by atoms with E-state index in [9.17, 15) is 9.90 Å². The van der Waals surface area contributed by atoms with Crippen LogP contribution in [0, 0.1) is 5.92 Å². The summed E-state index contributed by atoms with van der Waals surface area (Å²) in [6.07, 6.45) is 3.58. The minimum absolute atomic E-state index is 0.0480.